The van der Waals surface area contributed by atoms with Crippen LogP contribution in [0.15, 0.2) is 42.7 Å². The highest BCUT2D eigenvalue weighted by Gasteiger charge is 2.11. The molecule has 0 aliphatic rings. The molecule has 2 heterocycles. The zero-order valence-electron chi connectivity index (χ0n) is 11.8. The van der Waals surface area contributed by atoms with Crippen molar-refractivity contribution >= 4 is 40.4 Å². The van der Waals surface area contributed by atoms with Crippen LogP contribution in [0, 0.1) is 6.92 Å². The molecule has 3 rings (SSSR count). The fourth-order valence-corrected chi connectivity index (χ4v) is 2.58. The van der Waals surface area contributed by atoms with Gasteiger partial charge in [0.1, 0.15) is 5.65 Å². The van der Waals surface area contributed by atoms with Crippen molar-refractivity contribution < 1.29 is 4.79 Å². The second-order valence-corrected chi connectivity index (χ2v) is 5.85. The lowest BCUT2D eigenvalue weighted by molar-refractivity contribution is -0.115. The molecule has 6 heteroatoms. The number of aryl methyl sites for hydroxylation is 1. The van der Waals surface area contributed by atoms with Crippen LogP contribution in [0.2, 0.25) is 10.0 Å². The molecule has 0 aliphatic heterocycles. The number of anilines is 1. The predicted octanol–water partition coefficient (Wildman–Crippen LogP) is 4.13. The SMILES string of the molecule is Cc1cccn2cc(CC(=O)Nc3cc(Cl)ccc3Cl)nc12. The summed E-state index contributed by atoms with van der Waals surface area (Å²) in [5.41, 5.74) is 3.11. The number of nitrogens with zero attached hydrogens (tertiary/aromatic N) is 2. The molecule has 112 valence electrons. The fourth-order valence-electron chi connectivity index (χ4n) is 2.24. The molecule has 3 aromatic rings. The molecule has 22 heavy (non-hydrogen) atoms. The van der Waals surface area contributed by atoms with Gasteiger partial charge in [0.15, 0.2) is 0 Å². The molecule has 0 fully saturated rings. The van der Waals surface area contributed by atoms with E-state index in [0.29, 0.717) is 21.4 Å². The zero-order valence-corrected chi connectivity index (χ0v) is 13.3. The molecule has 0 bridgehead atoms. The number of aromatic nitrogens is 2. The Balaban J connectivity index is 1.78. The average Bonchev–Trinajstić information content (AvgIpc) is 2.86. The van der Waals surface area contributed by atoms with Crippen LogP contribution in [-0.2, 0) is 11.2 Å². The number of hydrogen-bond acceptors (Lipinski definition) is 2. The molecular weight excluding hydrogens is 321 g/mol. The van der Waals surface area contributed by atoms with Crippen molar-refractivity contribution in [3.63, 3.8) is 0 Å². The smallest absolute Gasteiger partial charge is 0.230 e. The standard InChI is InChI=1S/C16H13Cl2N3O/c1-10-3-2-6-21-9-12(19-16(10)21)8-15(22)20-14-7-11(17)4-5-13(14)18/h2-7,9H,8H2,1H3,(H,20,22). The molecule has 0 spiro atoms. The van der Waals surface area contributed by atoms with Crippen molar-refractivity contribution in [2.45, 2.75) is 13.3 Å². The number of carbonyl (C=O) groups is 1. The molecule has 0 saturated heterocycles. The summed E-state index contributed by atoms with van der Waals surface area (Å²) in [5.74, 6) is -0.190. The first-order chi connectivity index (χ1) is 10.5. The van der Waals surface area contributed by atoms with Crippen LogP contribution >= 0.6 is 23.2 Å². The second-order valence-electron chi connectivity index (χ2n) is 5.00. The number of halogens is 2. The Morgan fingerprint density at radius 1 is 1.32 bits per heavy atom. The van der Waals surface area contributed by atoms with Crippen LogP contribution in [0.3, 0.4) is 0 Å². The number of hydrogen-bond donors (Lipinski definition) is 1. The highest BCUT2D eigenvalue weighted by molar-refractivity contribution is 6.35. The number of carbonyl (C=O) groups excluding carboxylic acids is 1. The molecule has 0 unspecified atom stereocenters. The van der Waals surface area contributed by atoms with Gasteiger partial charge in [0, 0.05) is 17.4 Å². The summed E-state index contributed by atoms with van der Waals surface area (Å²) < 4.78 is 1.91. The van der Waals surface area contributed by atoms with Crippen molar-refractivity contribution in [3.8, 4) is 0 Å². The van der Waals surface area contributed by atoms with E-state index in [2.05, 4.69) is 10.3 Å². The number of fused-ring (bicyclic) bond motifs is 1. The Labute approximate surface area is 137 Å². The van der Waals surface area contributed by atoms with Crippen LogP contribution in [0.1, 0.15) is 11.3 Å². The van der Waals surface area contributed by atoms with Crippen molar-refractivity contribution in [1.29, 1.82) is 0 Å². The second kappa shape index (κ2) is 5.99. The summed E-state index contributed by atoms with van der Waals surface area (Å²) in [6.45, 7) is 1.98. The van der Waals surface area contributed by atoms with E-state index in [1.54, 1.807) is 18.2 Å². The Morgan fingerprint density at radius 2 is 2.14 bits per heavy atom. The lowest BCUT2D eigenvalue weighted by atomic mass is 10.2. The van der Waals surface area contributed by atoms with Gasteiger partial charge in [0.05, 0.1) is 22.8 Å². The van der Waals surface area contributed by atoms with E-state index >= 15 is 0 Å². The first kappa shape index (κ1) is 14.9. The predicted molar refractivity (Wildman–Crippen MR) is 88.7 cm³/mol. The maximum Gasteiger partial charge on any atom is 0.230 e. The van der Waals surface area contributed by atoms with Crippen molar-refractivity contribution in [2.75, 3.05) is 5.32 Å². The molecule has 0 aliphatic carbocycles. The van der Waals surface area contributed by atoms with Crippen LogP contribution in [0.5, 0.6) is 0 Å². The number of imidazole rings is 1. The molecule has 1 amide bonds. The molecule has 0 saturated carbocycles. The minimum Gasteiger partial charge on any atom is -0.324 e. The van der Waals surface area contributed by atoms with Crippen LogP contribution < -0.4 is 5.32 Å². The van der Waals surface area contributed by atoms with Crippen LogP contribution in [-0.4, -0.2) is 15.3 Å². The van der Waals surface area contributed by atoms with E-state index in [-0.39, 0.29) is 12.3 Å². The van der Waals surface area contributed by atoms with E-state index < -0.39 is 0 Å². The minimum absolute atomic E-state index is 0.171. The highest BCUT2D eigenvalue weighted by atomic mass is 35.5. The lowest BCUT2D eigenvalue weighted by Gasteiger charge is -2.06. The summed E-state index contributed by atoms with van der Waals surface area (Å²) in [5, 5.41) is 3.72. The van der Waals surface area contributed by atoms with E-state index in [4.69, 9.17) is 23.2 Å². The topological polar surface area (TPSA) is 46.4 Å². The number of rotatable bonds is 3. The molecule has 4 nitrogen and oxygen atoms in total. The molecule has 0 radical (unpaired) electrons. The van der Waals surface area contributed by atoms with Gasteiger partial charge in [-0.25, -0.2) is 4.98 Å². The lowest BCUT2D eigenvalue weighted by Crippen LogP contribution is -2.14. The summed E-state index contributed by atoms with van der Waals surface area (Å²) >= 11 is 11.9. The van der Waals surface area contributed by atoms with Gasteiger partial charge in [0.2, 0.25) is 5.91 Å². The third-order valence-corrected chi connectivity index (χ3v) is 3.84. The minimum atomic E-state index is -0.190. The van der Waals surface area contributed by atoms with E-state index in [0.717, 1.165) is 11.2 Å². The zero-order chi connectivity index (χ0) is 15.7. The third kappa shape index (κ3) is 3.08. The fraction of sp³-hybridized carbons (Fsp3) is 0.125. The summed E-state index contributed by atoms with van der Waals surface area (Å²) in [6.07, 6.45) is 3.93. The van der Waals surface area contributed by atoms with Crippen molar-refractivity contribution in [2.24, 2.45) is 0 Å². The third-order valence-electron chi connectivity index (χ3n) is 3.27. The van der Waals surface area contributed by atoms with Gasteiger partial charge in [-0.15, -0.1) is 0 Å². The number of nitrogens with one attached hydrogen (secondary N) is 1. The average molecular weight is 334 g/mol. The summed E-state index contributed by atoms with van der Waals surface area (Å²) in [6, 6.07) is 8.87. The largest absolute Gasteiger partial charge is 0.324 e. The maximum atomic E-state index is 12.1. The summed E-state index contributed by atoms with van der Waals surface area (Å²) in [7, 11) is 0. The monoisotopic (exact) mass is 333 g/mol. The van der Waals surface area contributed by atoms with Crippen LogP contribution in [0.4, 0.5) is 5.69 Å². The number of amides is 1. The molecule has 1 aromatic carbocycles. The molecular formula is C16H13Cl2N3O. The highest BCUT2D eigenvalue weighted by Crippen LogP contribution is 2.25. The molecule has 1 N–H and O–H groups in total. The van der Waals surface area contributed by atoms with Gasteiger partial charge in [0.25, 0.3) is 0 Å². The van der Waals surface area contributed by atoms with Gasteiger partial charge in [-0.3, -0.25) is 4.79 Å². The Hall–Kier alpha value is -2.04. The van der Waals surface area contributed by atoms with Gasteiger partial charge in [-0.2, -0.15) is 0 Å². The number of pyridine rings is 1. The van der Waals surface area contributed by atoms with Gasteiger partial charge in [-0.1, -0.05) is 29.3 Å². The van der Waals surface area contributed by atoms with Gasteiger partial charge in [-0.05, 0) is 36.8 Å². The number of benzene rings is 1. The van der Waals surface area contributed by atoms with Crippen LogP contribution in [0.25, 0.3) is 5.65 Å². The maximum absolute atomic E-state index is 12.1. The van der Waals surface area contributed by atoms with Gasteiger partial charge < -0.3 is 9.72 Å². The Kier molecular flexibility index (Phi) is 4.05. The van der Waals surface area contributed by atoms with Crippen molar-refractivity contribution in [3.05, 3.63) is 64.0 Å². The molecule has 0 atom stereocenters. The van der Waals surface area contributed by atoms with E-state index in [1.165, 1.54) is 0 Å². The first-order valence-electron chi connectivity index (χ1n) is 6.71. The normalized spacial score (nSPS) is 10.9. The van der Waals surface area contributed by atoms with Gasteiger partial charge >= 0.3 is 0 Å². The van der Waals surface area contributed by atoms with E-state index in [1.807, 2.05) is 35.9 Å². The van der Waals surface area contributed by atoms with E-state index in [9.17, 15) is 4.79 Å². The Morgan fingerprint density at radius 3 is 2.91 bits per heavy atom. The first-order valence-corrected chi connectivity index (χ1v) is 7.46. The quantitative estimate of drug-likeness (QED) is 0.783. The Bertz CT molecular complexity index is 858. The van der Waals surface area contributed by atoms with Crippen molar-refractivity contribution in [1.82, 2.24) is 9.38 Å². The molecule has 2 aromatic heterocycles. The summed E-state index contributed by atoms with van der Waals surface area (Å²) in [4.78, 5) is 16.6.